The number of hydrogen-bond acceptors (Lipinski definition) is 2. The number of carbonyl (C=O) groups is 1. The van der Waals surface area contributed by atoms with Gasteiger partial charge in [-0.3, -0.25) is 4.79 Å². The molecule has 2 nitrogen and oxygen atoms in total. The number of unbranched alkanes of at least 4 members (excludes halogenated alkanes) is 5. The molecular weight excluding hydrogens is 286 g/mol. The smallest absolute Gasteiger partial charge is 0.255 e. The predicted octanol–water partition coefficient (Wildman–Crippen LogP) is 5.08. The van der Waals surface area contributed by atoms with Gasteiger partial charge in [0.25, 0.3) is 5.24 Å². The van der Waals surface area contributed by atoms with Crippen molar-refractivity contribution in [1.82, 2.24) is 0 Å². The Balaban J connectivity index is 2.41. The maximum Gasteiger partial charge on any atom is 0.255 e. The van der Waals surface area contributed by atoms with Crippen LogP contribution in [0.1, 0.15) is 55.8 Å². The first-order valence-electron chi connectivity index (χ1n) is 6.88. The second-order valence-corrected chi connectivity index (χ2v) is 4.97. The Morgan fingerprint density at radius 1 is 1.10 bits per heavy atom. The first kappa shape index (κ1) is 16.9. The molecule has 0 N–H and O–H groups in total. The van der Waals surface area contributed by atoms with Gasteiger partial charge >= 0.3 is 0 Å². The van der Waals surface area contributed by atoms with Gasteiger partial charge in [-0.2, -0.15) is 4.39 Å². The summed E-state index contributed by atoms with van der Waals surface area (Å²) in [6.07, 6.45) is 6.50. The van der Waals surface area contributed by atoms with E-state index in [1.807, 2.05) is 0 Å². The van der Waals surface area contributed by atoms with E-state index in [1.54, 1.807) is 0 Å². The Hall–Kier alpha value is -1.16. The van der Waals surface area contributed by atoms with E-state index in [-0.39, 0.29) is 5.75 Å². The zero-order valence-electron chi connectivity index (χ0n) is 11.6. The molecule has 0 bridgehead atoms. The third-order valence-corrected chi connectivity index (χ3v) is 3.22. The minimum Gasteiger partial charge on any atom is -0.490 e. The van der Waals surface area contributed by atoms with Gasteiger partial charge in [-0.25, -0.2) is 4.39 Å². The molecule has 0 aliphatic rings. The predicted molar refractivity (Wildman–Crippen MR) is 75.4 cm³/mol. The molecule has 112 valence electrons. The molecule has 20 heavy (non-hydrogen) atoms. The van der Waals surface area contributed by atoms with Gasteiger partial charge in [0.15, 0.2) is 11.6 Å². The average molecular weight is 305 g/mol. The van der Waals surface area contributed by atoms with Crippen molar-refractivity contribution in [3.05, 3.63) is 29.3 Å². The molecule has 1 aromatic rings. The molecule has 0 heterocycles. The van der Waals surface area contributed by atoms with Gasteiger partial charge in [0, 0.05) is 0 Å². The highest BCUT2D eigenvalue weighted by Crippen LogP contribution is 2.24. The topological polar surface area (TPSA) is 26.3 Å². The van der Waals surface area contributed by atoms with Crippen LogP contribution in [0.2, 0.25) is 0 Å². The summed E-state index contributed by atoms with van der Waals surface area (Å²) in [6.45, 7) is 2.48. The van der Waals surface area contributed by atoms with Crippen molar-refractivity contribution in [3.8, 4) is 5.75 Å². The molecule has 0 amide bonds. The molecule has 0 aliphatic carbocycles. The van der Waals surface area contributed by atoms with Crippen molar-refractivity contribution in [3.63, 3.8) is 0 Å². The molecule has 1 rings (SSSR count). The number of benzene rings is 1. The lowest BCUT2D eigenvalue weighted by Crippen LogP contribution is -2.04. The first-order valence-corrected chi connectivity index (χ1v) is 7.26. The summed E-state index contributed by atoms with van der Waals surface area (Å²) >= 11 is 5.13. The van der Waals surface area contributed by atoms with Gasteiger partial charge in [0.05, 0.1) is 12.2 Å². The lowest BCUT2D eigenvalue weighted by atomic mass is 10.1. The fourth-order valence-electron chi connectivity index (χ4n) is 1.86. The minimum atomic E-state index is -1.26. The second kappa shape index (κ2) is 8.90. The van der Waals surface area contributed by atoms with Gasteiger partial charge in [0.2, 0.25) is 5.82 Å². The average Bonchev–Trinajstić information content (AvgIpc) is 2.42. The third kappa shape index (κ3) is 5.08. The number of hydrogen-bond donors (Lipinski definition) is 0. The second-order valence-electron chi connectivity index (χ2n) is 4.63. The summed E-state index contributed by atoms with van der Waals surface area (Å²) in [5, 5.41) is -1.02. The Labute approximate surface area is 123 Å². The van der Waals surface area contributed by atoms with Crippen molar-refractivity contribution in [2.24, 2.45) is 0 Å². The van der Waals surface area contributed by atoms with Crippen LogP contribution in [0.15, 0.2) is 12.1 Å². The van der Waals surface area contributed by atoms with Crippen LogP contribution < -0.4 is 4.74 Å². The summed E-state index contributed by atoms with van der Waals surface area (Å²) in [5.74, 6) is -2.61. The van der Waals surface area contributed by atoms with Crippen LogP contribution in [-0.4, -0.2) is 11.8 Å². The van der Waals surface area contributed by atoms with E-state index in [2.05, 4.69) is 6.92 Å². The summed E-state index contributed by atoms with van der Waals surface area (Å²) < 4.78 is 32.2. The maximum absolute atomic E-state index is 13.6. The number of halogens is 3. The van der Waals surface area contributed by atoms with Gasteiger partial charge in [0.1, 0.15) is 0 Å². The highest BCUT2D eigenvalue weighted by Gasteiger charge is 2.17. The molecule has 0 saturated carbocycles. The van der Waals surface area contributed by atoms with Crippen LogP contribution in [0.5, 0.6) is 5.75 Å². The number of carbonyl (C=O) groups excluding carboxylic acids is 1. The lowest BCUT2D eigenvalue weighted by molar-refractivity contribution is 0.107. The van der Waals surface area contributed by atoms with Crippen molar-refractivity contribution in [1.29, 1.82) is 0 Å². The van der Waals surface area contributed by atoms with Crippen LogP contribution in [0.3, 0.4) is 0 Å². The Morgan fingerprint density at radius 3 is 2.40 bits per heavy atom. The van der Waals surface area contributed by atoms with E-state index in [4.69, 9.17) is 16.3 Å². The standard InChI is InChI=1S/C15H19ClF2O2/c1-2-3-4-5-6-7-10-20-12-9-8-11(15(16)19)13(17)14(12)18/h8-9H,2-7,10H2,1H3. The molecule has 0 saturated heterocycles. The van der Waals surface area contributed by atoms with Crippen molar-refractivity contribution >= 4 is 16.8 Å². The lowest BCUT2D eigenvalue weighted by Gasteiger charge is -2.08. The summed E-state index contributed by atoms with van der Waals surface area (Å²) in [4.78, 5) is 10.8. The Bertz CT molecular complexity index is 450. The zero-order valence-corrected chi connectivity index (χ0v) is 12.3. The quantitative estimate of drug-likeness (QED) is 0.469. The van der Waals surface area contributed by atoms with Gasteiger partial charge in [-0.1, -0.05) is 39.0 Å². The summed E-state index contributed by atoms with van der Waals surface area (Å²) in [6, 6.07) is 2.36. The molecule has 0 radical (unpaired) electrons. The monoisotopic (exact) mass is 304 g/mol. The molecule has 0 spiro atoms. The normalized spacial score (nSPS) is 10.6. The van der Waals surface area contributed by atoms with Gasteiger partial charge in [-0.15, -0.1) is 0 Å². The fraction of sp³-hybridized carbons (Fsp3) is 0.533. The Morgan fingerprint density at radius 2 is 1.75 bits per heavy atom. The molecular formula is C15H19ClF2O2. The van der Waals surface area contributed by atoms with E-state index in [0.717, 1.165) is 25.3 Å². The van der Waals surface area contributed by atoms with Gasteiger partial charge in [-0.05, 0) is 30.2 Å². The number of ether oxygens (including phenoxy) is 1. The van der Waals surface area contributed by atoms with E-state index >= 15 is 0 Å². The van der Waals surface area contributed by atoms with Crippen LogP contribution in [0, 0.1) is 11.6 Å². The Kier molecular flexibility index (Phi) is 7.52. The largest absolute Gasteiger partial charge is 0.490 e. The molecule has 0 unspecified atom stereocenters. The molecule has 5 heteroatoms. The van der Waals surface area contributed by atoms with E-state index in [0.29, 0.717) is 6.61 Å². The van der Waals surface area contributed by atoms with E-state index in [9.17, 15) is 13.6 Å². The van der Waals surface area contributed by atoms with Gasteiger partial charge < -0.3 is 4.74 Å². The zero-order chi connectivity index (χ0) is 15.0. The first-order chi connectivity index (χ1) is 9.57. The van der Waals surface area contributed by atoms with Crippen molar-refractivity contribution in [2.75, 3.05) is 6.61 Å². The van der Waals surface area contributed by atoms with Crippen LogP contribution in [-0.2, 0) is 0 Å². The number of rotatable bonds is 9. The highest BCUT2D eigenvalue weighted by atomic mass is 35.5. The van der Waals surface area contributed by atoms with Crippen molar-refractivity contribution in [2.45, 2.75) is 45.4 Å². The van der Waals surface area contributed by atoms with E-state index in [1.165, 1.54) is 25.3 Å². The summed E-state index contributed by atoms with van der Waals surface area (Å²) in [7, 11) is 0. The molecule has 0 aliphatic heterocycles. The van der Waals surface area contributed by atoms with Crippen LogP contribution in [0.25, 0.3) is 0 Å². The molecule has 1 aromatic carbocycles. The third-order valence-electron chi connectivity index (χ3n) is 3.01. The van der Waals surface area contributed by atoms with Crippen molar-refractivity contribution < 1.29 is 18.3 Å². The van der Waals surface area contributed by atoms with Crippen LogP contribution >= 0.6 is 11.6 Å². The molecule has 0 atom stereocenters. The fourth-order valence-corrected chi connectivity index (χ4v) is 2.01. The van der Waals surface area contributed by atoms with Crippen LogP contribution in [0.4, 0.5) is 8.78 Å². The molecule has 0 aromatic heterocycles. The highest BCUT2D eigenvalue weighted by molar-refractivity contribution is 6.67. The maximum atomic E-state index is 13.6. The SMILES string of the molecule is CCCCCCCCOc1ccc(C(=O)Cl)c(F)c1F. The summed E-state index contributed by atoms with van der Waals surface area (Å²) in [5.41, 5.74) is -0.476. The van der Waals surface area contributed by atoms with E-state index < -0.39 is 22.4 Å². The minimum absolute atomic E-state index is 0.183. The molecule has 0 fully saturated rings.